The van der Waals surface area contributed by atoms with E-state index in [0.717, 1.165) is 40.5 Å². The van der Waals surface area contributed by atoms with Crippen LogP contribution in [0.25, 0.3) is 0 Å². The molecule has 0 saturated heterocycles. The SMILES string of the molecule is C=CC(=O)/C=C1/Sc2cc(C(CCC)CCN)ccc2N=C1C. The van der Waals surface area contributed by atoms with Gasteiger partial charge >= 0.3 is 0 Å². The van der Waals surface area contributed by atoms with Crippen LogP contribution < -0.4 is 5.73 Å². The molecule has 0 spiro atoms. The molecule has 122 valence electrons. The van der Waals surface area contributed by atoms with Gasteiger partial charge in [0.25, 0.3) is 0 Å². The molecular weight excluding hydrogens is 304 g/mol. The molecule has 0 radical (unpaired) electrons. The Labute approximate surface area is 142 Å². The Bertz CT molecular complexity index is 655. The summed E-state index contributed by atoms with van der Waals surface area (Å²) in [6.07, 6.45) is 6.21. The van der Waals surface area contributed by atoms with Crippen LogP contribution in [0.3, 0.4) is 0 Å². The van der Waals surface area contributed by atoms with E-state index in [-0.39, 0.29) is 5.78 Å². The third kappa shape index (κ3) is 4.43. The van der Waals surface area contributed by atoms with Gasteiger partial charge < -0.3 is 5.73 Å². The number of carbonyl (C=O) groups excluding carboxylic acids is 1. The molecule has 2 N–H and O–H groups in total. The Morgan fingerprint density at radius 2 is 2.22 bits per heavy atom. The first-order chi connectivity index (χ1) is 11.1. The number of allylic oxidation sites excluding steroid dienone is 3. The van der Waals surface area contributed by atoms with Gasteiger partial charge in [-0.25, -0.2) is 0 Å². The minimum absolute atomic E-state index is 0.0892. The highest BCUT2D eigenvalue weighted by Gasteiger charge is 2.18. The summed E-state index contributed by atoms with van der Waals surface area (Å²) in [5, 5.41) is 0. The van der Waals surface area contributed by atoms with Gasteiger partial charge in [-0.1, -0.05) is 37.8 Å². The highest BCUT2D eigenvalue weighted by Crippen LogP contribution is 2.42. The molecule has 4 heteroatoms. The van der Waals surface area contributed by atoms with E-state index in [2.05, 4.69) is 36.7 Å². The van der Waals surface area contributed by atoms with Gasteiger partial charge in [-0.05, 0) is 56.0 Å². The summed E-state index contributed by atoms with van der Waals surface area (Å²) >= 11 is 1.61. The molecule has 1 unspecified atom stereocenters. The van der Waals surface area contributed by atoms with Crippen LogP contribution in [0, 0.1) is 0 Å². The Balaban J connectivity index is 2.34. The summed E-state index contributed by atoms with van der Waals surface area (Å²) in [7, 11) is 0. The quantitative estimate of drug-likeness (QED) is 0.734. The first kappa shape index (κ1) is 17.7. The van der Waals surface area contributed by atoms with Crippen molar-refractivity contribution < 1.29 is 4.79 Å². The molecule has 1 aliphatic heterocycles. The van der Waals surface area contributed by atoms with Crippen LogP contribution in [-0.2, 0) is 4.79 Å². The van der Waals surface area contributed by atoms with Crippen LogP contribution in [0.15, 0.2) is 51.7 Å². The fourth-order valence-electron chi connectivity index (χ4n) is 2.74. The van der Waals surface area contributed by atoms with Crippen LogP contribution in [0.4, 0.5) is 5.69 Å². The van der Waals surface area contributed by atoms with Crippen LogP contribution in [0.1, 0.15) is 44.6 Å². The van der Waals surface area contributed by atoms with Crippen LogP contribution in [-0.4, -0.2) is 18.0 Å². The number of rotatable bonds is 7. The third-order valence-electron chi connectivity index (χ3n) is 3.95. The van der Waals surface area contributed by atoms with Gasteiger partial charge in [0, 0.05) is 15.9 Å². The van der Waals surface area contributed by atoms with Gasteiger partial charge in [0.1, 0.15) is 0 Å². The van der Waals surface area contributed by atoms with Crippen LogP contribution in [0.2, 0.25) is 0 Å². The molecule has 1 aromatic rings. The molecule has 0 amide bonds. The maximum absolute atomic E-state index is 11.6. The number of nitrogens with zero attached hydrogens (tertiary/aromatic N) is 1. The highest BCUT2D eigenvalue weighted by atomic mass is 32.2. The number of fused-ring (bicyclic) bond motifs is 1. The summed E-state index contributed by atoms with van der Waals surface area (Å²) in [5.41, 5.74) is 8.92. The molecule has 23 heavy (non-hydrogen) atoms. The average Bonchev–Trinajstić information content (AvgIpc) is 2.55. The fourth-order valence-corrected chi connectivity index (χ4v) is 3.75. The molecule has 0 bridgehead atoms. The van der Waals surface area contributed by atoms with Crippen molar-refractivity contribution in [3.8, 4) is 0 Å². The van der Waals surface area contributed by atoms with E-state index >= 15 is 0 Å². The van der Waals surface area contributed by atoms with E-state index in [4.69, 9.17) is 5.73 Å². The Hall–Kier alpha value is -1.65. The second kappa shape index (κ2) is 8.27. The minimum atomic E-state index is -0.0892. The maximum Gasteiger partial charge on any atom is 0.179 e. The molecule has 1 aromatic carbocycles. The zero-order chi connectivity index (χ0) is 16.8. The molecule has 1 atom stereocenters. The molecule has 0 saturated carbocycles. The summed E-state index contributed by atoms with van der Waals surface area (Å²) in [6, 6.07) is 6.44. The van der Waals surface area contributed by atoms with Crippen LogP contribution >= 0.6 is 11.8 Å². The van der Waals surface area contributed by atoms with Crippen molar-refractivity contribution in [2.75, 3.05) is 6.54 Å². The van der Waals surface area contributed by atoms with E-state index in [1.807, 2.05) is 6.92 Å². The number of thioether (sulfide) groups is 1. The molecule has 2 rings (SSSR count). The topological polar surface area (TPSA) is 55.5 Å². The second-order valence-electron chi connectivity index (χ2n) is 5.70. The van der Waals surface area contributed by atoms with Crippen molar-refractivity contribution in [3.05, 3.63) is 47.4 Å². The predicted octanol–water partition coefficient (Wildman–Crippen LogP) is 4.76. The molecule has 0 aliphatic carbocycles. The van der Waals surface area contributed by atoms with Crippen molar-refractivity contribution in [1.29, 1.82) is 0 Å². The van der Waals surface area contributed by atoms with Crippen molar-refractivity contribution in [1.82, 2.24) is 0 Å². The molecule has 1 aliphatic rings. The van der Waals surface area contributed by atoms with Crippen molar-refractivity contribution in [2.24, 2.45) is 10.7 Å². The Morgan fingerprint density at radius 1 is 1.43 bits per heavy atom. The van der Waals surface area contributed by atoms with Gasteiger partial charge in [-0.15, -0.1) is 0 Å². The number of benzene rings is 1. The fraction of sp³-hybridized carbons (Fsp3) is 0.368. The lowest BCUT2D eigenvalue weighted by atomic mass is 9.91. The minimum Gasteiger partial charge on any atom is -0.330 e. The average molecular weight is 328 g/mol. The molecular formula is C19H24N2OS. The lowest BCUT2D eigenvalue weighted by molar-refractivity contribution is -0.110. The van der Waals surface area contributed by atoms with Crippen molar-refractivity contribution in [2.45, 2.75) is 43.9 Å². The zero-order valence-electron chi connectivity index (χ0n) is 13.8. The smallest absolute Gasteiger partial charge is 0.179 e. The van der Waals surface area contributed by atoms with Gasteiger partial charge in [0.15, 0.2) is 5.78 Å². The van der Waals surface area contributed by atoms with E-state index in [9.17, 15) is 4.79 Å². The highest BCUT2D eigenvalue weighted by molar-refractivity contribution is 8.04. The van der Waals surface area contributed by atoms with Gasteiger partial charge in [0.05, 0.1) is 11.4 Å². The Kier molecular flexibility index (Phi) is 6.37. The molecule has 1 heterocycles. The molecule has 0 aromatic heterocycles. The second-order valence-corrected chi connectivity index (χ2v) is 6.79. The van der Waals surface area contributed by atoms with Gasteiger partial charge in [0.2, 0.25) is 0 Å². The predicted molar refractivity (Wildman–Crippen MR) is 99.7 cm³/mol. The third-order valence-corrected chi connectivity index (χ3v) is 5.13. The molecule has 3 nitrogen and oxygen atoms in total. The Morgan fingerprint density at radius 3 is 2.87 bits per heavy atom. The lowest BCUT2D eigenvalue weighted by Gasteiger charge is -2.20. The normalized spacial score (nSPS) is 16.7. The number of hydrogen-bond acceptors (Lipinski definition) is 4. The lowest BCUT2D eigenvalue weighted by Crippen LogP contribution is -2.08. The molecule has 0 fully saturated rings. The van der Waals surface area contributed by atoms with Crippen LogP contribution in [0.5, 0.6) is 0 Å². The summed E-state index contributed by atoms with van der Waals surface area (Å²) in [6.45, 7) is 8.35. The van der Waals surface area contributed by atoms with E-state index in [1.54, 1.807) is 17.8 Å². The summed E-state index contributed by atoms with van der Waals surface area (Å²) in [4.78, 5) is 18.2. The first-order valence-corrected chi connectivity index (χ1v) is 8.86. The maximum atomic E-state index is 11.6. The summed E-state index contributed by atoms with van der Waals surface area (Å²) < 4.78 is 0. The van der Waals surface area contributed by atoms with E-state index in [1.165, 1.54) is 11.6 Å². The van der Waals surface area contributed by atoms with Crippen molar-refractivity contribution in [3.63, 3.8) is 0 Å². The van der Waals surface area contributed by atoms with Gasteiger partial charge in [-0.2, -0.15) is 0 Å². The first-order valence-electron chi connectivity index (χ1n) is 8.04. The van der Waals surface area contributed by atoms with Crippen molar-refractivity contribution >= 4 is 28.9 Å². The van der Waals surface area contributed by atoms with E-state index < -0.39 is 0 Å². The number of nitrogens with two attached hydrogens (primary N) is 1. The largest absolute Gasteiger partial charge is 0.330 e. The number of aliphatic imine (C=N–C) groups is 1. The number of ketones is 1. The zero-order valence-corrected chi connectivity index (χ0v) is 14.7. The van der Waals surface area contributed by atoms with Gasteiger partial charge in [-0.3, -0.25) is 9.79 Å². The monoisotopic (exact) mass is 328 g/mol. The summed E-state index contributed by atoms with van der Waals surface area (Å²) in [5.74, 6) is 0.402. The number of carbonyl (C=O) groups is 1. The standard InChI is InChI=1S/C19H24N2OS/c1-4-6-14(9-10-20)15-7-8-17-19(11-15)23-18(13(3)21-17)12-16(22)5-2/h5,7-8,11-12,14H,2,4,6,9-10,20H2,1,3H3/b18-12+. The number of hydrogen-bond donors (Lipinski definition) is 1. The van der Waals surface area contributed by atoms with E-state index in [0.29, 0.717) is 12.5 Å².